The molecule has 2 aromatic heterocycles. The maximum atomic E-state index is 13.9. The molecule has 0 aliphatic carbocycles. The second-order valence-corrected chi connectivity index (χ2v) is 6.09. The van der Waals surface area contributed by atoms with Gasteiger partial charge in [0.1, 0.15) is 11.4 Å². The van der Waals surface area contributed by atoms with E-state index in [1.807, 2.05) is 30.3 Å². The molecule has 0 N–H and O–H groups in total. The van der Waals surface area contributed by atoms with E-state index in [-0.39, 0.29) is 11.3 Å². The number of ether oxygens (including phenoxy) is 2. The number of aromatic nitrogens is 2. The summed E-state index contributed by atoms with van der Waals surface area (Å²) < 4.78 is 25.1. The molecule has 6 nitrogen and oxygen atoms in total. The monoisotopic (exact) mass is 378 g/mol. The van der Waals surface area contributed by atoms with Gasteiger partial charge in [0.25, 0.3) is 0 Å². The highest BCUT2D eigenvalue weighted by Gasteiger charge is 2.29. The van der Waals surface area contributed by atoms with Crippen LogP contribution in [0.15, 0.2) is 54.6 Å². The number of carbonyl (C=O) groups is 2. The van der Waals surface area contributed by atoms with E-state index in [1.54, 1.807) is 12.1 Å². The van der Waals surface area contributed by atoms with Crippen molar-refractivity contribution in [2.24, 2.45) is 0 Å². The molecule has 2 heterocycles. The summed E-state index contributed by atoms with van der Waals surface area (Å²) >= 11 is 0. The topological polar surface area (TPSA) is 69.9 Å². The Morgan fingerprint density at radius 1 is 0.964 bits per heavy atom. The molecule has 2 aromatic carbocycles. The van der Waals surface area contributed by atoms with Crippen LogP contribution in [0, 0.1) is 5.82 Å². The van der Waals surface area contributed by atoms with Gasteiger partial charge in [-0.15, -0.1) is 0 Å². The fourth-order valence-corrected chi connectivity index (χ4v) is 3.27. The summed E-state index contributed by atoms with van der Waals surface area (Å²) in [6, 6.07) is 15.2. The first-order valence-corrected chi connectivity index (χ1v) is 8.42. The highest BCUT2D eigenvalue weighted by molar-refractivity contribution is 6.14. The molecule has 0 radical (unpaired) electrons. The molecular formula is C21H15FN2O4. The van der Waals surface area contributed by atoms with Crippen LogP contribution in [-0.4, -0.2) is 35.8 Å². The lowest BCUT2D eigenvalue weighted by Crippen LogP contribution is -2.10. The third-order valence-electron chi connectivity index (χ3n) is 4.51. The molecule has 0 unspecified atom stereocenters. The fraction of sp³-hybridized carbons (Fsp3) is 0.0952. The van der Waals surface area contributed by atoms with Crippen molar-refractivity contribution in [1.29, 1.82) is 0 Å². The van der Waals surface area contributed by atoms with Crippen molar-refractivity contribution in [2.75, 3.05) is 14.2 Å². The molecular weight excluding hydrogens is 363 g/mol. The molecule has 28 heavy (non-hydrogen) atoms. The Balaban J connectivity index is 2.23. The van der Waals surface area contributed by atoms with Crippen LogP contribution in [0.2, 0.25) is 0 Å². The van der Waals surface area contributed by atoms with Gasteiger partial charge in [-0.3, -0.25) is 0 Å². The standard InChI is InChI=1S/C21H15FN2O4/c1-27-20(25)17-18(21(26)28-2)23-24-16(12-6-4-3-5-7-12)11-13-10-14(22)8-9-15(13)19(17)24/h3-11H,1-2H3. The number of fused-ring (bicyclic) bond motifs is 3. The lowest BCUT2D eigenvalue weighted by molar-refractivity contribution is 0.0553. The van der Waals surface area contributed by atoms with Crippen molar-refractivity contribution in [3.63, 3.8) is 0 Å². The average molecular weight is 378 g/mol. The van der Waals surface area contributed by atoms with E-state index in [4.69, 9.17) is 9.47 Å². The van der Waals surface area contributed by atoms with E-state index in [0.717, 1.165) is 5.56 Å². The van der Waals surface area contributed by atoms with Gasteiger partial charge in [0.05, 0.1) is 25.4 Å². The summed E-state index contributed by atoms with van der Waals surface area (Å²) in [6.07, 6.45) is 0. The minimum Gasteiger partial charge on any atom is -0.465 e. The van der Waals surface area contributed by atoms with Crippen LogP contribution in [-0.2, 0) is 9.47 Å². The first kappa shape index (κ1) is 17.7. The smallest absolute Gasteiger partial charge is 0.359 e. The van der Waals surface area contributed by atoms with Crippen molar-refractivity contribution in [3.8, 4) is 11.3 Å². The molecule has 0 spiro atoms. The van der Waals surface area contributed by atoms with Gasteiger partial charge in [-0.05, 0) is 29.7 Å². The Kier molecular flexibility index (Phi) is 4.27. The minimum absolute atomic E-state index is 0.0243. The summed E-state index contributed by atoms with van der Waals surface area (Å²) in [5, 5.41) is 5.47. The molecule has 0 aliphatic rings. The van der Waals surface area contributed by atoms with E-state index in [9.17, 15) is 14.0 Å². The van der Waals surface area contributed by atoms with E-state index >= 15 is 0 Å². The summed E-state index contributed by atoms with van der Waals surface area (Å²) in [5.41, 5.74) is 1.54. The Hall–Kier alpha value is -3.74. The molecule has 0 saturated carbocycles. The van der Waals surface area contributed by atoms with Crippen LogP contribution in [0.25, 0.3) is 27.5 Å². The SMILES string of the molecule is COC(=O)c1nn2c(-c3ccccc3)cc3cc(F)ccc3c2c1C(=O)OC. The Morgan fingerprint density at radius 2 is 1.68 bits per heavy atom. The third kappa shape index (κ3) is 2.68. The fourth-order valence-electron chi connectivity index (χ4n) is 3.27. The van der Waals surface area contributed by atoms with Crippen LogP contribution in [0.3, 0.4) is 0 Å². The number of benzene rings is 2. The molecule has 140 valence electrons. The Labute approximate surface area is 159 Å². The second kappa shape index (κ2) is 6.77. The quantitative estimate of drug-likeness (QED) is 0.506. The normalized spacial score (nSPS) is 11.0. The number of pyridine rings is 1. The molecule has 0 amide bonds. The van der Waals surface area contributed by atoms with Crippen LogP contribution in [0.5, 0.6) is 0 Å². The van der Waals surface area contributed by atoms with Crippen molar-refractivity contribution in [3.05, 3.63) is 71.7 Å². The lowest BCUT2D eigenvalue weighted by atomic mass is 10.0. The van der Waals surface area contributed by atoms with Crippen LogP contribution < -0.4 is 0 Å². The number of methoxy groups -OCH3 is 2. The van der Waals surface area contributed by atoms with E-state index in [2.05, 4.69) is 5.10 Å². The van der Waals surface area contributed by atoms with Crippen molar-refractivity contribution < 1.29 is 23.5 Å². The largest absolute Gasteiger partial charge is 0.465 e. The Bertz CT molecular complexity index is 1230. The van der Waals surface area contributed by atoms with Gasteiger partial charge in [-0.1, -0.05) is 30.3 Å². The van der Waals surface area contributed by atoms with Gasteiger partial charge in [0.2, 0.25) is 0 Å². The zero-order chi connectivity index (χ0) is 19.8. The molecule has 4 aromatic rings. The number of hydrogen-bond acceptors (Lipinski definition) is 5. The number of hydrogen-bond donors (Lipinski definition) is 0. The maximum absolute atomic E-state index is 13.9. The predicted octanol–water partition coefficient (Wildman–Crippen LogP) is 3.87. The molecule has 0 atom stereocenters. The average Bonchev–Trinajstić information content (AvgIpc) is 3.13. The Morgan fingerprint density at radius 3 is 2.36 bits per heavy atom. The number of nitrogens with zero attached hydrogens (tertiary/aromatic N) is 2. The van der Waals surface area contributed by atoms with Crippen LogP contribution in [0.1, 0.15) is 20.8 Å². The third-order valence-corrected chi connectivity index (χ3v) is 4.51. The van der Waals surface area contributed by atoms with E-state index in [1.165, 1.54) is 30.9 Å². The number of rotatable bonds is 3. The first-order valence-electron chi connectivity index (χ1n) is 8.42. The van der Waals surface area contributed by atoms with E-state index in [0.29, 0.717) is 22.0 Å². The zero-order valence-corrected chi connectivity index (χ0v) is 15.1. The van der Waals surface area contributed by atoms with Gasteiger partial charge in [0.15, 0.2) is 5.69 Å². The predicted molar refractivity (Wildman–Crippen MR) is 101 cm³/mol. The van der Waals surface area contributed by atoms with Gasteiger partial charge in [-0.25, -0.2) is 18.5 Å². The van der Waals surface area contributed by atoms with Gasteiger partial charge >= 0.3 is 11.9 Å². The zero-order valence-electron chi connectivity index (χ0n) is 15.1. The maximum Gasteiger partial charge on any atom is 0.359 e. The summed E-state index contributed by atoms with van der Waals surface area (Å²) in [7, 11) is 2.43. The second-order valence-electron chi connectivity index (χ2n) is 6.09. The molecule has 0 aliphatic heterocycles. The first-order chi connectivity index (χ1) is 13.5. The van der Waals surface area contributed by atoms with Crippen LogP contribution in [0.4, 0.5) is 4.39 Å². The van der Waals surface area contributed by atoms with Crippen molar-refractivity contribution in [2.45, 2.75) is 0 Å². The van der Waals surface area contributed by atoms with Crippen LogP contribution >= 0.6 is 0 Å². The number of esters is 2. The van der Waals surface area contributed by atoms with Crippen molar-refractivity contribution >= 4 is 28.2 Å². The molecule has 7 heteroatoms. The summed E-state index contributed by atoms with van der Waals surface area (Å²) in [4.78, 5) is 24.8. The molecule has 4 rings (SSSR count). The number of carbonyl (C=O) groups excluding carboxylic acids is 2. The molecule has 0 saturated heterocycles. The summed E-state index contributed by atoms with van der Waals surface area (Å²) in [6.45, 7) is 0. The molecule has 0 bridgehead atoms. The number of halogens is 1. The van der Waals surface area contributed by atoms with Gasteiger partial charge < -0.3 is 9.47 Å². The highest BCUT2D eigenvalue weighted by atomic mass is 19.1. The van der Waals surface area contributed by atoms with Gasteiger partial charge in [0, 0.05) is 10.9 Å². The lowest BCUT2D eigenvalue weighted by Gasteiger charge is -2.10. The minimum atomic E-state index is -0.765. The molecule has 0 fully saturated rings. The van der Waals surface area contributed by atoms with E-state index < -0.39 is 17.8 Å². The summed E-state index contributed by atoms with van der Waals surface area (Å²) in [5.74, 6) is -1.91. The van der Waals surface area contributed by atoms with Gasteiger partial charge in [-0.2, -0.15) is 5.10 Å². The highest BCUT2D eigenvalue weighted by Crippen LogP contribution is 2.32. The van der Waals surface area contributed by atoms with Crippen molar-refractivity contribution in [1.82, 2.24) is 9.61 Å².